The number of fused-ring (bicyclic) bond motifs is 1. The first kappa shape index (κ1) is 16.9. The molecule has 5 nitrogen and oxygen atoms in total. The van der Waals surface area contributed by atoms with Gasteiger partial charge in [0, 0.05) is 31.0 Å². The summed E-state index contributed by atoms with van der Waals surface area (Å²) >= 11 is 0. The van der Waals surface area contributed by atoms with Gasteiger partial charge in [-0.3, -0.25) is 9.78 Å². The second-order valence-corrected chi connectivity index (χ2v) is 6.57. The predicted molar refractivity (Wildman–Crippen MR) is 97.5 cm³/mol. The first-order valence-electron chi connectivity index (χ1n) is 8.68. The molecule has 26 heavy (non-hydrogen) atoms. The Morgan fingerprint density at radius 2 is 2.15 bits per heavy atom. The highest BCUT2D eigenvalue weighted by Crippen LogP contribution is 2.26. The lowest BCUT2D eigenvalue weighted by Gasteiger charge is -2.22. The van der Waals surface area contributed by atoms with Crippen molar-refractivity contribution in [2.24, 2.45) is 0 Å². The van der Waals surface area contributed by atoms with Crippen LogP contribution in [-0.4, -0.2) is 41.1 Å². The minimum absolute atomic E-state index is 0.0429. The topological polar surface area (TPSA) is 56.2 Å². The fraction of sp³-hybridized carbons (Fsp3) is 0.300. The van der Waals surface area contributed by atoms with Crippen LogP contribution in [0.1, 0.15) is 5.56 Å². The van der Waals surface area contributed by atoms with Gasteiger partial charge in [0.25, 0.3) is 0 Å². The van der Waals surface area contributed by atoms with E-state index in [0.29, 0.717) is 13.2 Å². The molecular weight excluding hydrogens is 333 g/mol. The summed E-state index contributed by atoms with van der Waals surface area (Å²) in [5.41, 5.74) is 4.55. The minimum atomic E-state index is -0.408. The lowest BCUT2D eigenvalue weighted by Crippen LogP contribution is -2.44. The van der Waals surface area contributed by atoms with E-state index in [1.54, 1.807) is 18.3 Å². The summed E-state index contributed by atoms with van der Waals surface area (Å²) in [6, 6.07) is 8.31. The number of morpholine rings is 1. The summed E-state index contributed by atoms with van der Waals surface area (Å²) in [6.07, 6.45) is 3.32. The molecule has 1 saturated heterocycles. The largest absolute Gasteiger partial charge is 0.368 e. The van der Waals surface area contributed by atoms with E-state index < -0.39 is 6.10 Å². The van der Waals surface area contributed by atoms with Gasteiger partial charge in [-0.05, 0) is 36.2 Å². The standard InChI is InChI=1S/C20H20FN3O2/c1-13-11-24(12-18(25)19-10-22-6-7-26-19)17-8-15(9-23-20(13)17)14-2-4-16(21)5-3-14/h2-5,8-9,11,19,22H,6-7,10,12H2,1H3. The average Bonchev–Trinajstić information content (AvgIpc) is 2.98. The number of aryl methyl sites for hydroxylation is 1. The van der Waals surface area contributed by atoms with Gasteiger partial charge in [0.2, 0.25) is 0 Å². The Bertz CT molecular complexity index is 944. The maximum Gasteiger partial charge on any atom is 0.182 e. The third-order valence-corrected chi connectivity index (χ3v) is 4.69. The van der Waals surface area contributed by atoms with E-state index in [1.165, 1.54) is 12.1 Å². The maximum absolute atomic E-state index is 13.2. The summed E-state index contributed by atoms with van der Waals surface area (Å²) in [5, 5.41) is 3.18. The van der Waals surface area contributed by atoms with Crippen LogP contribution in [0.3, 0.4) is 0 Å². The van der Waals surface area contributed by atoms with Gasteiger partial charge in [-0.1, -0.05) is 12.1 Å². The van der Waals surface area contributed by atoms with Gasteiger partial charge < -0.3 is 14.6 Å². The van der Waals surface area contributed by atoms with Crippen molar-refractivity contribution in [3.05, 3.63) is 54.1 Å². The average molecular weight is 353 g/mol. The number of hydrogen-bond acceptors (Lipinski definition) is 4. The number of Topliss-reactive ketones (excluding diaryl/α,β-unsaturated/α-hetero) is 1. The van der Waals surface area contributed by atoms with E-state index in [0.717, 1.165) is 34.3 Å². The molecule has 6 heteroatoms. The molecule has 1 aliphatic heterocycles. The number of nitrogens with one attached hydrogen (secondary N) is 1. The van der Waals surface area contributed by atoms with Crippen molar-refractivity contribution in [2.75, 3.05) is 19.7 Å². The summed E-state index contributed by atoms with van der Waals surface area (Å²) in [4.78, 5) is 17.1. The lowest BCUT2D eigenvalue weighted by atomic mass is 10.1. The molecule has 2 aromatic heterocycles. The van der Waals surface area contributed by atoms with E-state index >= 15 is 0 Å². The summed E-state index contributed by atoms with van der Waals surface area (Å²) in [7, 11) is 0. The zero-order valence-electron chi connectivity index (χ0n) is 14.5. The fourth-order valence-corrected chi connectivity index (χ4v) is 3.31. The number of ether oxygens (including phenoxy) is 1. The molecule has 0 bridgehead atoms. The summed E-state index contributed by atoms with van der Waals surface area (Å²) in [6.45, 7) is 4.10. The van der Waals surface area contributed by atoms with Crippen molar-refractivity contribution < 1.29 is 13.9 Å². The van der Waals surface area contributed by atoms with Crippen LogP contribution < -0.4 is 5.32 Å². The Hall–Kier alpha value is -2.57. The Labute approximate surface area is 150 Å². The third-order valence-electron chi connectivity index (χ3n) is 4.69. The van der Waals surface area contributed by atoms with Gasteiger partial charge in [-0.25, -0.2) is 4.39 Å². The minimum Gasteiger partial charge on any atom is -0.368 e. The summed E-state index contributed by atoms with van der Waals surface area (Å²) < 4.78 is 20.6. The molecule has 1 atom stereocenters. The summed E-state index contributed by atoms with van der Waals surface area (Å²) in [5.74, 6) is -0.227. The quantitative estimate of drug-likeness (QED) is 0.784. The molecule has 1 unspecified atom stereocenters. The number of hydrogen-bond donors (Lipinski definition) is 1. The molecule has 3 heterocycles. The van der Waals surface area contributed by atoms with Crippen LogP contribution in [0.5, 0.6) is 0 Å². The number of carbonyl (C=O) groups excluding carboxylic acids is 1. The lowest BCUT2D eigenvalue weighted by molar-refractivity contribution is -0.132. The molecule has 4 rings (SSSR count). The molecule has 3 aromatic rings. The number of halogens is 1. The highest BCUT2D eigenvalue weighted by Gasteiger charge is 2.22. The Morgan fingerprint density at radius 3 is 2.88 bits per heavy atom. The van der Waals surface area contributed by atoms with Crippen molar-refractivity contribution in [2.45, 2.75) is 19.6 Å². The van der Waals surface area contributed by atoms with Gasteiger partial charge in [-0.2, -0.15) is 0 Å². The van der Waals surface area contributed by atoms with Crippen molar-refractivity contribution in [3.8, 4) is 11.1 Å². The number of rotatable bonds is 4. The number of aromatic nitrogens is 2. The van der Waals surface area contributed by atoms with Crippen molar-refractivity contribution in [1.29, 1.82) is 0 Å². The van der Waals surface area contributed by atoms with Gasteiger partial charge >= 0.3 is 0 Å². The highest BCUT2D eigenvalue weighted by atomic mass is 19.1. The Morgan fingerprint density at radius 1 is 1.35 bits per heavy atom. The van der Waals surface area contributed by atoms with Crippen LogP contribution in [0, 0.1) is 12.7 Å². The van der Waals surface area contributed by atoms with Gasteiger partial charge in [0.1, 0.15) is 11.9 Å². The molecule has 134 valence electrons. The normalized spacial score (nSPS) is 17.5. The number of carbonyl (C=O) groups is 1. The van der Waals surface area contributed by atoms with E-state index in [1.807, 2.05) is 23.8 Å². The number of pyridine rings is 1. The monoisotopic (exact) mass is 353 g/mol. The number of benzene rings is 1. The molecule has 0 aliphatic carbocycles. The van der Waals surface area contributed by atoms with Crippen LogP contribution in [0.4, 0.5) is 4.39 Å². The van der Waals surface area contributed by atoms with Crippen LogP contribution in [0.2, 0.25) is 0 Å². The molecule has 1 fully saturated rings. The maximum atomic E-state index is 13.2. The van der Waals surface area contributed by atoms with Crippen molar-refractivity contribution in [1.82, 2.24) is 14.9 Å². The van der Waals surface area contributed by atoms with E-state index in [9.17, 15) is 9.18 Å². The fourth-order valence-electron chi connectivity index (χ4n) is 3.31. The molecule has 0 spiro atoms. The van der Waals surface area contributed by atoms with Crippen LogP contribution in [-0.2, 0) is 16.1 Å². The van der Waals surface area contributed by atoms with E-state index in [2.05, 4.69) is 10.3 Å². The zero-order valence-corrected chi connectivity index (χ0v) is 14.5. The number of nitrogens with zero attached hydrogens (tertiary/aromatic N) is 2. The molecule has 1 N–H and O–H groups in total. The van der Waals surface area contributed by atoms with Crippen LogP contribution in [0.15, 0.2) is 42.7 Å². The molecule has 0 amide bonds. The van der Waals surface area contributed by atoms with Crippen LogP contribution in [0.25, 0.3) is 22.2 Å². The predicted octanol–water partition coefficient (Wildman–Crippen LogP) is 2.71. The number of ketones is 1. The van der Waals surface area contributed by atoms with E-state index in [4.69, 9.17) is 4.74 Å². The second-order valence-electron chi connectivity index (χ2n) is 6.57. The Kier molecular flexibility index (Phi) is 4.53. The third kappa shape index (κ3) is 3.25. The molecule has 0 radical (unpaired) electrons. The zero-order chi connectivity index (χ0) is 18.1. The smallest absolute Gasteiger partial charge is 0.182 e. The molecule has 1 aromatic carbocycles. The SMILES string of the molecule is Cc1cn(CC(=O)C2CNCCO2)c2cc(-c3ccc(F)cc3)cnc12. The second kappa shape index (κ2) is 6.97. The van der Waals surface area contributed by atoms with Crippen molar-refractivity contribution >= 4 is 16.8 Å². The van der Waals surface area contributed by atoms with Gasteiger partial charge in [0.05, 0.1) is 24.2 Å². The highest BCUT2D eigenvalue weighted by molar-refractivity contribution is 5.88. The first-order valence-corrected chi connectivity index (χ1v) is 8.68. The molecule has 0 saturated carbocycles. The van der Waals surface area contributed by atoms with Gasteiger partial charge in [-0.15, -0.1) is 0 Å². The Balaban J connectivity index is 1.67. The molecular formula is C20H20FN3O2. The van der Waals surface area contributed by atoms with Crippen molar-refractivity contribution in [3.63, 3.8) is 0 Å². The van der Waals surface area contributed by atoms with E-state index in [-0.39, 0.29) is 18.1 Å². The van der Waals surface area contributed by atoms with Crippen LogP contribution >= 0.6 is 0 Å². The van der Waals surface area contributed by atoms with Gasteiger partial charge in [0.15, 0.2) is 5.78 Å². The molecule has 1 aliphatic rings. The first-order chi connectivity index (χ1) is 12.6.